The van der Waals surface area contributed by atoms with Gasteiger partial charge in [-0.05, 0) is 42.7 Å². The first kappa shape index (κ1) is 18.4. The highest BCUT2D eigenvalue weighted by Crippen LogP contribution is 2.26. The number of methoxy groups -OCH3 is 1. The van der Waals surface area contributed by atoms with E-state index in [4.69, 9.17) is 4.74 Å². The van der Waals surface area contributed by atoms with Crippen molar-refractivity contribution in [3.8, 4) is 5.75 Å². The Morgan fingerprint density at radius 3 is 2.62 bits per heavy atom. The second-order valence-corrected chi connectivity index (χ2v) is 7.81. The molecule has 3 rings (SSSR count). The Balaban J connectivity index is 1.45. The molecule has 5 nitrogen and oxygen atoms in total. The van der Waals surface area contributed by atoms with E-state index >= 15 is 0 Å². The number of hydrogen-bond donors (Lipinski definition) is 1. The van der Waals surface area contributed by atoms with Crippen LogP contribution in [-0.2, 0) is 6.42 Å². The average Bonchev–Trinajstić information content (AvgIpc) is 3.13. The summed E-state index contributed by atoms with van der Waals surface area (Å²) < 4.78 is 5.95. The minimum absolute atomic E-state index is 0.204. The molecule has 134 valence electrons. The van der Waals surface area contributed by atoms with Gasteiger partial charge in [-0.25, -0.2) is 0 Å². The summed E-state index contributed by atoms with van der Waals surface area (Å²) in [5.41, 5.74) is 1.90. The van der Waals surface area contributed by atoms with Crippen LogP contribution >= 0.6 is 23.1 Å². The van der Waals surface area contributed by atoms with Gasteiger partial charge in [0.1, 0.15) is 5.75 Å². The molecule has 2 aromatic carbocycles. The molecule has 0 aliphatic rings. The number of carbonyl (C=O) groups is 1. The predicted octanol–water partition coefficient (Wildman–Crippen LogP) is 4.52. The van der Waals surface area contributed by atoms with E-state index in [1.807, 2.05) is 6.07 Å². The van der Waals surface area contributed by atoms with Gasteiger partial charge in [-0.1, -0.05) is 53.4 Å². The molecule has 1 amide bonds. The summed E-state index contributed by atoms with van der Waals surface area (Å²) >= 11 is 3.06. The highest BCUT2D eigenvalue weighted by atomic mass is 32.2. The summed E-state index contributed by atoms with van der Waals surface area (Å²) in [5, 5.41) is 11.5. The molecule has 0 aliphatic carbocycles. The summed E-state index contributed by atoms with van der Waals surface area (Å²) in [6.45, 7) is 0. The van der Waals surface area contributed by atoms with Crippen molar-refractivity contribution in [1.29, 1.82) is 0 Å². The first-order chi connectivity index (χ1) is 12.7. The maximum absolute atomic E-state index is 12.2. The fourth-order valence-corrected chi connectivity index (χ4v) is 4.07. The predicted molar refractivity (Wildman–Crippen MR) is 106 cm³/mol. The van der Waals surface area contributed by atoms with Crippen molar-refractivity contribution >= 4 is 34.1 Å². The van der Waals surface area contributed by atoms with Gasteiger partial charge in [-0.2, -0.15) is 0 Å². The first-order valence-electron chi connectivity index (χ1n) is 8.20. The average molecular weight is 386 g/mol. The van der Waals surface area contributed by atoms with Crippen LogP contribution in [0.25, 0.3) is 0 Å². The van der Waals surface area contributed by atoms with Crippen molar-refractivity contribution < 1.29 is 9.53 Å². The maximum Gasteiger partial charge on any atom is 0.257 e. The summed E-state index contributed by atoms with van der Waals surface area (Å²) in [4.78, 5) is 12.2. The van der Waals surface area contributed by atoms with Crippen LogP contribution in [0.4, 0.5) is 5.13 Å². The Hall–Kier alpha value is -2.38. The number of amides is 1. The smallest absolute Gasteiger partial charge is 0.257 e. The molecule has 0 aliphatic heterocycles. The number of anilines is 1. The minimum atomic E-state index is -0.204. The van der Waals surface area contributed by atoms with Gasteiger partial charge in [0, 0.05) is 11.3 Å². The van der Waals surface area contributed by atoms with Crippen LogP contribution in [0.3, 0.4) is 0 Å². The molecule has 0 bridgehead atoms. The minimum Gasteiger partial charge on any atom is -0.497 e. The highest BCUT2D eigenvalue weighted by Gasteiger charge is 2.10. The SMILES string of the molecule is COc1ccc(C(=O)Nc2nnc(SCCCc3ccccc3)s2)cc1. The maximum atomic E-state index is 12.2. The lowest BCUT2D eigenvalue weighted by molar-refractivity contribution is 0.102. The molecule has 1 heterocycles. The lowest BCUT2D eigenvalue weighted by atomic mass is 10.1. The van der Waals surface area contributed by atoms with Gasteiger partial charge in [0.05, 0.1) is 7.11 Å². The van der Waals surface area contributed by atoms with Crippen molar-refractivity contribution in [3.63, 3.8) is 0 Å². The van der Waals surface area contributed by atoms with Gasteiger partial charge in [0.15, 0.2) is 4.34 Å². The van der Waals surface area contributed by atoms with Crippen molar-refractivity contribution in [1.82, 2.24) is 10.2 Å². The highest BCUT2D eigenvalue weighted by molar-refractivity contribution is 8.01. The van der Waals surface area contributed by atoms with Gasteiger partial charge in [-0.3, -0.25) is 10.1 Å². The topological polar surface area (TPSA) is 64.1 Å². The van der Waals surface area contributed by atoms with Crippen molar-refractivity contribution in [2.24, 2.45) is 0 Å². The summed E-state index contributed by atoms with van der Waals surface area (Å²) in [6.07, 6.45) is 2.12. The van der Waals surface area contributed by atoms with Crippen LogP contribution in [0.1, 0.15) is 22.3 Å². The Morgan fingerprint density at radius 2 is 1.88 bits per heavy atom. The number of nitrogens with one attached hydrogen (secondary N) is 1. The lowest BCUT2D eigenvalue weighted by Crippen LogP contribution is -2.11. The molecule has 0 fully saturated rings. The zero-order valence-corrected chi connectivity index (χ0v) is 16.0. The third-order valence-electron chi connectivity index (χ3n) is 3.66. The number of nitrogens with zero attached hydrogens (tertiary/aromatic N) is 2. The number of ether oxygens (including phenoxy) is 1. The van der Waals surface area contributed by atoms with E-state index in [0.717, 1.165) is 22.9 Å². The molecule has 1 N–H and O–H groups in total. The summed E-state index contributed by atoms with van der Waals surface area (Å²) in [7, 11) is 1.59. The fourth-order valence-electron chi connectivity index (χ4n) is 2.31. The molecule has 0 atom stereocenters. The second kappa shape index (κ2) is 9.35. The fraction of sp³-hybridized carbons (Fsp3) is 0.211. The van der Waals surface area contributed by atoms with E-state index in [1.54, 1.807) is 43.1 Å². The standard InChI is InChI=1S/C19H19N3O2S2/c1-24-16-11-9-15(10-12-16)17(23)20-18-21-22-19(26-18)25-13-5-8-14-6-3-2-4-7-14/h2-4,6-7,9-12H,5,8,13H2,1H3,(H,20,21,23). The van der Waals surface area contributed by atoms with E-state index in [0.29, 0.717) is 16.4 Å². The molecule has 0 radical (unpaired) electrons. The quantitative estimate of drug-likeness (QED) is 0.351. The van der Waals surface area contributed by atoms with E-state index < -0.39 is 0 Å². The zero-order valence-electron chi connectivity index (χ0n) is 14.3. The number of aryl methyl sites for hydroxylation is 1. The van der Waals surface area contributed by atoms with Gasteiger partial charge in [-0.15, -0.1) is 10.2 Å². The Labute approximate surface area is 160 Å². The van der Waals surface area contributed by atoms with E-state index in [-0.39, 0.29) is 5.91 Å². The second-order valence-electron chi connectivity index (χ2n) is 5.49. The van der Waals surface area contributed by atoms with E-state index in [9.17, 15) is 4.79 Å². The summed E-state index contributed by atoms with van der Waals surface area (Å²) in [6, 6.07) is 17.4. The Morgan fingerprint density at radius 1 is 1.12 bits per heavy atom. The zero-order chi connectivity index (χ0) is 18.2. The molecular weight excluding hydrogens is 366 g/mol. The molecule has 1 aromatic heterocycles. The Kier molecular flexibility index (Phi) is 6.62. The normalized spacial score (nSPS) is 10.5. The molecular formula is C19H19N3O2S2. The molecule has 0 unspecified atom stereocenters. The molecule has 0 spiro atoms. The largest absolute Gasteiger partial charge is 0.497 e. The van der Waals surface area contributed by atoms with Gasteiger partial charge in [0.2, 0.25) is 5.13 Å². The number of benzene rings is 2. The third-order valence-corrected chi connectivity index (χ3v) is 5.72. The molecule has 0 saturated carbocycles. The van der Waals surface area contributed by atoms with Crippen LogP contribution < -0.4 is 10.1 Å². The Bertz CT molecular complexity index is 836. The van der Waals surface area contributed by atoms with Gasteiger partial charge in [0.25, 0.3) is 5.91 Å². The van der Waals surface area contributed by atoms with E-state index in [2.05, 4.69) is 39.8 Å². The van der Waals surface area contributed by atoms with Crippen molar-refractivity contribution in [3.05, 3.63) is 65.7 Å². The number of rotatable bonds is 8. The van der Waals surface area contributed by atoms with Crippen LogP contribution in [0.2, 0.25) is 0 Å². The van der Waals surface area contributed by atoms with Crippen LogP contribution in [-0.4, -0.2) is 29.0 Å². The van der Waals surface area contributed by atoms with Crippen molar-refractivity contribution in [2.75, 3.05) is 18.2 Å². The summed E-state index contributed by atoms with van der Waals surface area (Å²) in [5.74, 6) is 1.48. The number of hydrogen-bond acceptors (Lipinski definition) is 6. The first-order valence-corrected chi connectivity index (χ1v) is 10.0. The molecule has 3 aromatic rings. The monoisotopic (exact) mass is 385 g/mol. The van der Waals surface area contributed by atoms with Crippen LogP contribution in [0.5, 0.6) is 5.75 Å². The number of aromatic nitrogens is 2. The number of carbonyl (C=O) groups excluding carboxylic acids is 1. The van der Waals surface area contributed by atoms with Crippen LogP contribution in [0, 0.1) is 0 Å². The number of thioether (sulfide) groups is 1. The molecule has 26 heavy (non-hydrogen) atoms. The van der Waals surface area contributed by atoms with Gasteiger partial charge < -0.3 is 4.74 Å². The van der Waals surface area contributed by atoms with Gasteiger partial charge >= 0.3 is 0 Å². The van der Waals surface area contributed by atoms with E-state index in [1.165, 1.54) is 16.9 Å². The van der Waals surface area contributed by atoms with Crippen LogP contribution in [0.15, 0.2) is 58.9 Å². The van der Waals surface area contributed by atoms with Crippen molar-refractivity contribution in [2.45, 2.75) is 17.2 Å². The molecule has 7 heteroatoms. The molecule has 0 saturated heterocycles. The lowest BCUT2D eigenvalue weighted by Gasteiger charge is -2.02. The third kappa shape index (κ3) is 5.31.